The fourth-order valence-corrected chi connectivity index (χ4v) is 2.60. The Morgan fingerprint density at radius 2 is 1.96 bits per heavy atom. The molecule has 2 rings (SSSR count). The Kier molecular flexibility index (Phi) is 6.40. The van der Waals surface area contributed by atoms with Crippen molar-refractivity contribution in [3.63, 3.8) is 0 Å². The molecule has 0 saturated heterocycles. The van der Waals surface area contributed by atoms with Gasteiger partial charge in [-0.15, -0.1) is 11.3 Å². The van der Waals surface area contributed by atoms with Gasteiger partial charge in [0.2, 0.25) is 0 Å². The van der Waals surface area contributed by atoms with Gasteiger partial charge in [-0.1, -0.05) is 6.07 Å². The Balaban J connectivity index is 1.77. The average molecular weight is 384 g/mol. The van der Waals surface area contributed by atoms with Crippen LogP contribution in [0.4, 0.5) is 13.2 Å². The normalized spacial score (nSPS) is 11.4. The fourth-order valence-electron chi connectivity index (χ4n) is 1.82. The molecule has 2 amide bonds. The van der Waals surface area contributed by atoms with Crippen molar-refractivity contribution >= 4 is 29.2 Å². The predicted octanol–water partition coefficient (Wildman–Crippen LogP) is 3.31. The standard InChI is InChI=1S/C17H15F3N2O3S/c1-11-5-6-14(26-11)7-8-15(23)21-22-16(24)10-25-13-4-2-3-12(9-13)17(18,19)20/h2-9H,10H2,1H3,(H,21,23)(H,22,24)/b8-7+. The van der Waals surface area contributed by atoms with Gasteiger partial charge in [-0.25, -0.2) is 0 Å². The highest BCUT2D eigenvalue weighted by molar-refractivity contribution is 7.12. The van der Waals surface area contributed by atoms with Crippen LogP contribution in [0.3, 0.4) is 0 Å². The first-order valence-electron chi connectivity index (χ1n) is 7.37. The van der Waals surface area contributed by atoms with E-state index in [2.05, 4.69) is 10.9 Å². The Labute approximate surface area is 151 Å². The lowest BCUT2D eigenvalue weighted by Crippen LogP contribution is -2.43. The molecule has 0 fully saturated rings. The number of rotatable bonds is 5. The highest BCUT2D eigenvalue weighted by atomic mass is 32.1. The van der Waals surface area contributed by atoms with E-state index in [1.165, 1.54) is 29.5 Å². The first-order chi connectivity index (χ1) is 12.2. The number of thiophene rings is 1. The third-order valence-corrected chi connectivity index (χ3v) is 3.98. The quantitative estimate of drug-likeness (QED) is 0.614. The third-order valence-electron chi connectivity index (χ3n) is 3.02. The number of carbonyl (C=O) groups is 2. The summed E-state index contributed by atoms with van der Waals surface area (Å²) in [4.78, 5) is 25.2. The first kappa shape index (κ1) is 19.5. The van der Waals surface area contributed by atoms with Crippen molar-refractivity contribution in [1.82, 2.24) is 10.9 Å². The van der Waals surface area contributed by atoms with Crippen LogP contribution in [0.5, 0.6) is 5.75 Å². The van der Waals surface area contributed by atoms with E-state index in [4.69, 9.17) is 4.74 Å². The van der Waals surface area contributed by atoms with Crippen molar-refractivity contribution in [2.75, 3.05) is 6.61 Å². The molecular weight excluding hydrogens is 369 g/mol. The van der Waals surface area contributed by atoms with Gasteiger partial charge < -0.3 is 4.74 Å². The van der Waals surface area contributed by atoms with Crippen molar-refractivity contribution in [3.8, 4) is 5.75 Å². The molecule has 26 heavy (non-hydrogen) atoms. The highest BCUT2D eigenvalue weighted by Gasteiger charge is 2.30. The molecule has 0 atom stereocenters. The van der Waals surface area contributed by atoms with Crippen molar-refractivity contribution in [3.05, 3.63) is 57.8 Å². The monoisotopic (exact) mass is 384 g/mol. The van der Waals surface area contributed by atoms with Crippen molar-refractivity contribution < 1.29 is 27.5 Å². The van der Waals surface area contributed by atoms with Crippen molar-refractivity contribution in [2.24, 2.45) is 0 Å². The van der Waals surface area contributed by atoms with E-state index >= 15 is 0 Å². The number of alkyl halides is 3. The minimum absolute atomic E-state index is 0.103. The summed E-state index contributed by atoms with van der Waals surface area (Å²) in [5.74, 6) is -1.37. The largest absolute Gasteiger partial charge is 0.484 e. The van der Waals surface area contributed by atoms with Gasteiger partial charge in [-0.05, 0) is 43.3 Å². The third kappa shape index (κ3) is 6.25. The Morgan fingerprint density at radius 1 is 1.19 bits per heavy atom. The number of ether oxygens (including phenoxy) is 1. The van der Waals surface area contributed by atoms with E-state index in [-0.39, 0.29) is 5.75 Å². The summed E-state index contributed by atoms with van der Waals surface area (Å²) >= 11 is 1.51. The highest BCUT2D eigenvalue weighted by Crippen LogP contribution is 2.31. The SMILES string of the molecule is Cc1ccc(/C=C/C(=O)NNC(=O)COc2cccc(C(F)(F)F)c2)s1. The topological polar surface area (TPSA) is 67.4 Å². The number of hydrogen-bond acceptors (Lipinski definition) is 4. The van der Waals surface area contributed by atoms with Crippen LogP contribution in [0.25, 0.3) is 6.08 Å². The van der Waals surface area contributed by atoms with Crippen LogP contribution < -0.4 is 15.6 Å². The molecule has 0 bridgehead atoms. The number of hydrazine groups is 1. The van der Waals surface area contributed by atoms with Crippen LogP contribution in [0.2, 0.25) is 0 Å². The zero-order valence-corrected chi connectivity index (χ0v) is 14.4. The summed E-state index contributed by atoms with van der Waals surface area (Å²) in [6, 6.07) is 7.92. The van der Waals surface area contributed by atoms with E-state index in [0.29, 0.717) is 0 Å². The van der Waals surface area contributed by atoms with Gasteiger partial charge >= 0.3 is 6.18 Å². The number of halogens is 3. The van der Waals surface area contributed by atoms with Crippen LogP contribution in [0.15, 0.2) is 42.5 Å². The number of nitrogens with one attached hydrogen (secondary N) is 2. The molecule has 0 aliphatic heterocycles. The number of hydrogen-bond donors (Lipinski definition) is 2. The van der Waals surface area contributed by atoms with Gasteiger partial charge in [-0.2, -0.15) is 13.2 Å². The molecular formula is C17H15F3N2O3S. The lowest BCUT2D eigenvalue weighted by molar-refractivity contribution is -0.137. The maximum Gasteiger partial charge on any atom is 0.416 e. The van der Waals surface area contributed by atoms with Gasteiger partial charge in [0.1, 0.15) is 5.75 Å². The van der Waals surface area contributed by atoms with E-state index in [0.717, 1.165) is 21.9 Å². The smallest absolute Gasteiger partial charge is 0.416 e. The Morgan fingerprint density at radius 3 is 2.62 bits per heavy atom. The van der Waals surface area contributed by atoms with E-state index in [1.807, 2.05) is 19.1 Å². The van der Waals surface area contributed by atoms with Gasteiger partial charge in [0.25, 0.3) is 11.8 Å². The van der Waals surface area contributed by atoms with Gasteiger partial charge in [0.05, 0.1) is 5.56 Å². The Bertz CT molecular complexity index is 816. The fraction of sp³-hybridized carbons (Fsp3) is 0.176. The number of carbonyl (C=O) groups excluding carboxylic acids is 2. The molecule has 0 unspecified atom stereocenters. The molecule has 1 heterocycles. The van der Waals surface area contributed by atoms with Crippen LogP contribution in [0, 0.1) is 6.92 Å². The summed E-state index contributed by atoms with van der Waals surface area (Å²) in [5.41, 5.74) is 3.38. The second kappa shape index (κ2) is 8.52. The molecule has 138 valence electrons. The van der Waals surface area contributed by atoms with Crippen LogP contribution in [0.1, 0.15) is 15.3 Å². The minimum Gasteiger partial charge on any atom is -0.484 e. The number of aryl methyl sites for hydroxylation is 1. The van der Waals surface area contributed by atoms with Gasteiger partial charge in [0, 0.05) is 15.8 Å². The van der Waals surface area contributed by atoms with E-state index < -0.39 is 30.2 Å². The molecule has 0 aliphatic carbocycles. The minimum atomic E-state index is -4.50. The molecule has 0 spiro atoms. The summed E-state index contributed by atoms with van der Waals surface area (Å²) in [7, 11) is 0. The first-order valence-corrected chi connectivity index (χ1v) is 8.19. The Hall–Kier alpha value is -2.81. The van der Waals surface area contributed by atoms with Crippen LogP contribution >= 0.6 is 11.3 Å². The molecule has 0 saturated carbocycles. The molecule has 1 aromatic carbocycles. The van der Waals surface area contributed by atoms with Gasteiger partial charge in [-0.3, -0.25) is 20.4 Å². The van der Waals surface area contributed by atoms with Crippen molar-refractivity contribution in [2.45, 2.75) is 13.1 Å². The average Bonchev–Trinajstić information content (AvgIpc) is 3.01. The van der Waals surface area contributed by atoms with Crippen LogP contribution in [-0.2, 0) is 15.8 Å². The molecule has 0 radical (unpaired) electrons. The van der Waals surface area contributed by atoms with E-state index in [1.54, 1.807) is 6.08 Å². The second-order valence-corrected chi connectivity index (χ2v) is 6.45. The summed E-state index contributed by atoms with van der Waals surface area (Å²) in [5, 5.41) is 0. The zero-order valence-electron chi connectivity index (χ0n) is 13.6. The molecule has 2 aromatic rings. The number of benzene rings is 1. The van der Waals surface area contributed by atoms with Crippen molar-refractivity contribution in [1.29, 1.82) is 0 Å². The summed E-state index contributed by atoms with van der Waals surface area (Å²) < 4.78 is 42.7. The lowest BCUT2D eigenvalue weighted by atomic mass is 10.2. The predicted molar refractivity (Wildman–Crippen MR) is 91.3 cm³/mol. The molecule has 1 aromatic heterocycles. The summed E-state index contributed by atoms with van der Waals surface area (Å²) in [6.07, 6.45) is -1.65. The maximum atomic E-state index is 12.6. The number of amides is 2. The van der Waals surface area contributed by atoms with E-state index in [9.17, 15) is 22.8 Å². The summed E-state index contributed by atoms with van der Waals surface area (Å²) in [6.45, 7) is 1.39. The molecule has 5 nitrogen and oxygen atoms in total. The van der Waals surface area contributed by atoms with Gasteiger partial charge in [0.15, 0.2) is 6.61 Å². The molecule has 9 heteroatoms. The zero-order chi connectivity index (χ0) is 19.2. The van der Waals surface area contributed by atoms with Crippen LogP contribution in [-0.4, -0.2) is 18.4 Å². The molecule has 0 aliphatic rings. The lowest BCUT2D eigenvalue weighted by Gasteiger charge is -2.10. The second-order valence-electron chi connectivity index (χ2n) is 5.13. The molecule has 2 N–H and O–H groups in total. The maximum absolute atomic E-state index is 12.6.